The molecule has 0 bridgehead atoms. The first-order valence-electron chi connectivity index (χ1n) is 13.8. The molecule has 0 radical (unpaired) electrons. The molecule has 0 spiro atoms. The summed E-state index contributed by atoms with van der Waals surface area (Å²) in [5, 5.41) is 3.94. The lowest BCUT2D eigenvalue weighted by Gasteiger charge is -2.32. The number of alkyl halides is 3. The second kappa shape index (κ2) is 11.0. The zero-order valence-electron chi connectivity index (χ0n) is 21.9. The van der Waals surface area contributed by atoms with Crippen LogP contribution in [0.3, 0.4) is 0 Å². The maximum atomic E-state index is 14.0. The first kappa shape index (κ1) is 25.8. The van der Waals surface area contributed by atoms with Gasteiger partial charge in [-0.05, 0) is 48.6 Å². The van der Waals surface area contributed by atoms with Crippen molar-refractivity contribution in [1.82, 2.24) is 24.4 Å². The molecule has 4 aromatic rings. The molecule has 6 rings (SSSR count). The third kappa shape index (κ3) is 5.78. The zero-order valence-corrected chi connectivity index (χ0v) is 21.9. The molecule has 1 aliphatic carbocycles. The summed E-state index contributed by atoms with van der Waals surface area (Å²) >= 11 is 0. The number of fused-ring (bicyclic) bond motifs is 2. The van der Waals surface area contributed by atoms with Crippen molar-refractivity contribution < 1.29 is 13.2 Å². The van der Waals surface area contributed by atoms with Gasteiger partial charge in [0.1, 0.15) is 11.5 Å². The summed E-state index contributed by atoms with van der Waals surface area (Å²) < 4.78 is 44.3. The topological polar surface area (TPSA) is 58.9 Å². The lowest BCUT2D eigenvalue weighted by atomic mass is 9.95. The molecule has 4 heterocycles. The number of anilines is 1. The van der Waals surface area contributed by atoms with Crippen LogP contribution in [0.2, 0.25) is 0 Å². The average molecular weight is 535 g/mol. The molecule has 1 aromatic carbocycles. The largest absolute Gasteiger partial charge is 0.394 e. The van der Waals surface area contributed by atoms with Crippen LogP contribution in [0.25, 0.3) is 22.4 Å². The van der Waals surface area contributed by atoms with Crippen LogP contribution in [0.15, 0.2) is 61.1 Å². The molecule has 1 saturated carbocycles. The predicted octanol–water partition coefficient (Wildman–Crippen LogP) is 6.65. The summed E-state index contributed by atoms with van der Waals surface area (Å²) in [4.78, 5) is 15.6. The van der Waals surface area contributed by atoms with E-state index in [0.717, 1.165) is 41.4 Å². The normalized spacial score (nSPS) is 17.7. The molecule has 1 unspecified atom stereocenters. The van der Waals surface area contributed by atoms with Gasteiger partial charge in [-0.1, -0.05) is 43.5 Å². The summed E-state index contributed by atoms with van der Waals surface area (Å²) in [7, 11) is 0. The van der Waals surface area contributed by atoms with Crippen LogP contribution < -0.4 is 5.32 Å². The van der Waals surface area contributed by atoms with Gasteiger partial charge < -0.3 is 9.88 Å². The van der Waals surface area contributed by atoms with Crippen molar-refractivity contribution >= 4 is 16.9 Å². The van der Waals surface area contributed by atoms with Crippen LogP contribution in [0.4, 0.5) is 19.0 Å². The minimum absolute atomic E-state index is 0.0531. The van der Waals surface area contributed by atoms with Gasteiger partial charge in [0.2, 0.25) is 0 Å². The van der Waals surface area contributed by atoms with E-state index in [1.165, 1.54) is 24.8 Å². The van der Waals surface area contributed by atoms with Crippen molar-refractivity contribution in [1.29, 1.82) is 0 Å². The van der Waals surface area contributed by atoms with Gasteiger partial charge in [-0.15, -0.1) is 0 Å². The quantitative estimate of drug-likeness (QED) is 0.288. The van der Waals surface area contributed by atoms with Crippen LogP contribution in [0.5, 0.6) is 0 Å². The molecule has 6 nitrogen and oxygen atoms in total. The number of nitrogens with one attached hydrogen (secondary N) is 1. The van der Waals surface area contributed by atoms with Crippen molar-refractivity contribution in [3.8, 4) is 11.4 Å². The van der Waals surface area contributed by atoms with Crippen LogP contribution in [-0.4, -0.2) is 50.2 Å². The molecule has 0 saturated heterocycles. The number of pyridine rings is 1. The summed E-state index contributed by atoms with van der Waals surface area (Å²) in [5.41, 5.74) is 3.96. The Morgan fingerprint density at radius 2 is 1.82 bits per heavy atom. The van der Waals surface area contributed by atoms with Gasteiger partial charge in [0.05, 0.1) is 5.92 Å². The van der Waals surface area contributed by atoms with Crippen LogP contribution in [-0.2, 0) is 13.0 Å². The van der Waals surface area contributed by atoms with Gasteiger partial charge in [-0.3, -0.25) is 4.90 Å². The number of nitrogens with zero attached hydrogens (tertiary/aromatic N) is 5. The molecule has 3 aromatic heterocycles. The highest BCUT2D eigenvalue weighted by molar-refractivity contribution is 5.77. The average Bonchev–Trinajstić information content (AvgIpc) is 3.38. The molecule has 2 aliphatic rings. The van der Waals surface area contributed by atoms with Crippen molar-refractivity contribution in [2.75, 3.05) is 25.0 Å². The minimum Gasteiger partial charge on any atom is -0.369 e. The number of halogens is 3. The van der Waals surface area contributed by atoms with Gasteiger partial charge in [0.15, 0.2) is 5.82 Å². The Balaban J connectivity index is 1.16. The summed E-state index contributed by atoms with van der Waals surface area (Å²) in [6.45, 7) is 0.865. The van der Waals surface area contributed by atoms with Gasteiger partial charge >= 0.3 is 6.18 Å². The highest BCUT2D eigenvalue weighted by Crippen LogP contribution is 2.32. The molecular formula is C30H33F3N6. The van der Waals surface area contributed by atoms with Crippen LogP contribution >= 0.6 is 0 Å². The Hall–Kier alpha value is -3.46. The van der Waals surface area contributed by atoms with E-state index in [9.17, 15) is 13.2 Å². The van der Waals surface area contributed by atoms with Gasteiger partial charge in [-0.25, -0.2) is 15.0 Å². The van der Waals surface area contributed by atoms with E-state index in [0.29, 0.717) is 30.8 Å². The SMILES string of the molecule is FC(F)(F)C(CNc1cc(-c2ncc3ccn(C4CCCCC4)c3n2)ccn1)CN1CCc2ccccc2C1. The Bertz CT molecular complexity index is 1430. The summed E-state index contributed by atoms with van der Waals surface area (Å²) in [6, 6.07) is 14.0. The molecule has 0 amide bonds. The lowest BCUT2D eigenvalue weighted by Crippen LogP contribution is -2.42. The van der Waals surface area contributed by atoms with Crippen molar-refractivity contribution in [3.05, 3.63) is 72.2 Å². The van der Waals surface area contributed by atoms with Crippen molar-refractivity contribution in [3.63, 3.8) is 0 Å². The van der Waals surface area contributed by atoms with Crippen molar-refractivity contribution in [2.45, 2.75) is 57.3 Å². The summed E-state index contributed by atoms with van der Waals surface area (Å²) in [5.74, 6) is -0.584. The number of benzene rings is 1. The lowest BCUT2D eigenvalue weighted by molar-refractivity contribution is -0.175. The standard InChI is InChI=1S/C30H33F3N6/c31-30(32,33)25(20-38-14-11-21-6-4-5-7-24(21)19-38)18-35-27-16-22(10-13-34-27)28-36-17-23-12-15-39(29(23)37-28)26-8-2-1-3-9-26/h4-7,10,12-13,15-17,25-26H,1-3,8-9,11,14,18-20H2,(H,34,35). The monoisotopic (exact) mass is 534 g/mol. The highest BCUT2D eigenvalue weighted by atomic mass is 19.4. The number of rotatable bonds is 7. The van der Waals surface area contributed by atoms with E-state index in [1.807, 2.05) is 35.4 Å². The number of aromatic nitrogens is 4. The maximum absolute atomic E-state index is 14.0. The summed E-state index contributed by atoms with van der Waals surface area (Å²) in [6.07, 6.45) is 7.99. The first-order valence-corrected chi connectivity index (χ1v) is 13.8. The molecule has 39 heavy (non-hydrogen) atoms. The number of hydrogen-bond donors (Lipinski definition) is 1. The Morgan fingerprint density at radius 3 is 2.64 bits per heavy atom. The second-order valence-corrected chi connectivity index (χ2v) is 10.8. The molecule has 1 N–H and O–H groups in total. The molecular weight excluding hydrogens is 501 g/mol. The van der Waals surface area contributed by atoms with E-state index in [1.54, 1.807) is 18.3 Å². The molecule has 1 atom stereocenters. The highest BCUT2D eigenvalue weighted by Gasteiger charge is 2.40. The third-order valence-electron chi connectivity index (χ3n) is 8.12. The van der Waals surface area contributed by atoms with E-state index >= 15 is 0 Å². The third-order valence-corrected chi connectivity index (χ3v) is 8.12. The molecule has 1 aliphatic heterocycles. The Kier molecular flexibility index (Phi) is 7.25. The van der Waals surface area contributed by atoms with Crippen molar-refractivity contribution in [2.24, 2.45) is 5.92 Å². The van der Waals surface area contributed by atoms with Gasteiger partial charge in [0.25, 0.3) is 0 Å². The Labute approximate surface area is 226 Å². The molecule has 204 valence electrons. The fourth-order valence-electron chi connectivity index (χ4n) is 5.93. The second-order valence-electron chi connectivity index (χ2n) is 10.8. The van der Waals surface area contributed by atoms with Gasteiger partial charge in [0, 0.05) is 61.8 Å². The number of hydrogen-bond acceptors (Lipinski definition) is 5. The van der Waals surface area contributed by atoms with E-state index in [2.05, 4.69) is 32.1 Å². The molecule has 1 fully saturated rings. The fraction of sp³-hybridized carbons (Fsp3) is 0.433. The first-order chi connectivity index (χ1) is 18.9. The van der Waals surface area contributed by atoms with Crippen LogP contribution in [0.1, 0.15) is 49.3 Å². The van der Waals surface area contributed by atoms with E-state index < -0.39 is 12.1 Å². The van der Waals surface area contributed by atoms with Gasteiger partial charge in [-0.2, -0.15) is 13.2 Å². The fourth-order valence-corrected chi connectivity index (χ4v) is 5.93. The zero-order chi connectivity index (χ0) is 26.8. The molecule has 9 heteroatoms. The maximum Gasteiger partial charge on any atom is 0.394 e. The van der Waals surface area contributed by atoms with Crippen LogP contribution in [0, 0.1) is 5.92 Å². The predicted molar refractivity (Wildman–Crippen MR) is 146 cm³/mol. The smallest absolute Gasteiger partial charge is 0.369 e. The minimum atomic E-state index is -4.32. The van der Waals surface area contributed by atoms with E-state index in [4.69, 9.17) is 4.98 Å². The Morgan fingerprint density at radius 1 is 1.00 bits per heavy atom. The van der Waals surface area contributed by atoms with E-state index in [-0.39, 0.29) is 13.1 Å².